The Morgan fingerprint density at radius 2 is 1.47 bits per heavy atom. The van der Waals surface area contributed by atoms with Crippen molar-refractivity contribution in [1.82, 2.24) is 0 Å². The molecule has 0 amide bonds. The minimum atomic E-state index is -4.66. The summed E-state index contributed by atoms with van der Waals surface area (Å²) in [5.74, 6) is -0.525. The quantitative estimate of drug-likeness (QED) is 0.170. The summed E-state index contributed by atoms with van der Waals surface area (Å²) < 4.78 is 46.8. The van der Waals surface area contributed by atoms with Crippen LogP contribution in [0.2, 0.25) is 0 Å². The predicted molar refractivity (Wildman–Crippen MR) is 140 cm³/mol. The normalized spacial score (nSPS) is 15.8. The van der Waals surface area contributed by atoms with E-state index < -0.39 is 27.5 Å². The highest BCUT2D eigenvalue weighted by Crippen LogP contribution is 2.41. The molecular weight excluding hydrogens is 777 g/mol. The molecule has 0 saturated heterocycles. The van der Waals surface area contributed by atoms with Gasteiger partial charge in [0.15, 0.2) is 0 Å². The Kier molecular flexibility index (Phi) is 8.82. The topological polar surface area (TPSA) is 110 Å². The first-order valence-electron chi connectivity index (χ1n) is 9.64. The summed E-state index contributed by atoms with van der Waals surface area (Å²) in [6, 6.07) is 9.71. The predicted octanol–water partition coefficient (Wildman–Crippen LogP) is 5.26. The maximum atomic E-state index is 13.2. The molecule has 0 bridgehead atoms. The van der Waals surface area contributed by atoms with Gasteiger partial charge in [-0.05, 0) is 117 Å². The highest BCUT2D eigenvalue weighted by molar-refractivity contribution is 14.1. The molecule has 0 unspecified atom stereocenters. The van der Waals surface area contributed by atoms with Crippen LogP contribution >= 0.6 is 67.8 Å². The first-order valence-corrected chi connectivity index (χ1v) is 14.3. The molecule has 3 rings (SSSR count). The molecule has 0 aliphatic heterocycles. The molecule has 32 heavy (non-hydrogen) atoms. The van der Waals surface area contributed by atoms with Crippen LogP contribution in [-0.2, 0) is 19.7 Å². The van der Waals surface area contributed by atoms with Crippen LogP contribution in [0.25, 0.3) is 0 Å². The Morgan fingerprint density at radius 3 is 2.00 bits per heavy atom. The molecule has 0 radical (unpaired) electrons. The summed E-state index contributed by atoms with van der Waals surface area (Å²) in [7, 11) is -4.66. The Hall–Kier alpha value is -0.520. The molecule has 2 aromatic carbocycles. The van der Waals surface area contributed by atoms with E-state index in [0.29, 0.717) is 18.6 Å². The van der Waals surface area contributed by atoms with E-state index in [0.717, 1.165) is 22.8 Å². The number of carbonyl (C=O) groups is 2. The van der Waals surface area contributed by atoms with Crippen LogP contribution in [0.1, 0.15) is 38.5 Å². The average molecular weight is 795 g/mol. The Bertz CT molecular complexity index is 1100. The van der Waals surface area contributed by atoms with Gasteiger partial charge in [-0.1, -0.05) is 19.3 Å². The number of benzene rings is 2. The molecule has 1 aliphatic rings. The molecule has 2 aromatic rings. The highest BCUT2D eigenvalue weighted by atomic mass is 127. The van der Waals surface area contributed by atoms with Gasteiger partial charge in [0.25, 0.3) is 0 Å². The molecule has 11 heteroatoms. The fraction of sp³-hybridized carbons (Fsp3) is 0.333. The second-order valence-corrected chi connectivity index (χ2v) is 12.4. The lowest BCUT2D eigenvalue weighted by Gasteiger charge is -2.34. The summed E-state index contributed by atoms with van der Waals surface area (Å²) >= 11 is 5.61. The number of hydrogen-bond donors (Lipinski definition) is 0. The van der Waals surface area contributed by atoms with Gasteiger partial charge in [-0.2, -0.15) is 0 Å². The Labute approximate surface area is 227 Å². The van der Waals surface area contributed by atoms with Crippen LogP contribution in [0, 0.1) is 16.1 Å². The maximum Gasteiger partial charge on any atom is 0.318 e. The van der Waals surface area contributed by atoms with E-state index in [9.17, 15) is 22.6 Å². The van der Waals surface area contributed by atoms with Crippen LogP contribution < -0.4 is 9.47 Å². The summed E-state index contributed by atoms with van der Waals surface area (Å²) in [5.41, 5.74) is -1.02. The van der Waals surface area contributed by atoms with E-state index in [4.69, 9.17) is 9.47 Å². The highest BCUT2D eigenvalue weighted by Gasteiger charge is 2.44. The van der Waals surface area contributed by atoms with Gasteiger partial charge in [0.05, 0.1) is 16.7 Å². The number of carbonyl (C=O) groups excluding carboxylic acids is 2. The number of esters is 2. The molecule has 172 valence electrons. The smallest absolute Gasteiger partial charge is 0.318 e. The summed E-state index contributed by atoms with van der Waals surface area (Å²) in [6.45, 7) is 0. The largest absolute Gasteiger partial charge is 0.744 e. The molecule has 1 aliphatic carbocycles. The van der Waals surface area contributed by atoms with Gasteiger partial charge in [-0.3, -0.25) is 9.59 Å². The van der Waals surface area contributed by atoms with Crippen LogP contribution in [0.5, 0.6) is 11.5 Å². The van der Waals surface area contributed by atoms with E-state index in [-0.39, 0.29) is 24.2 Å². The SMILES string of the molecule is O=C(CC1(C(=O)Oc2cc(I)c(S(=O)(=O)[O-])c(I)c2)CCCCC1)Oc1ccc(I)cc1. The van der Waals surface area contributed by atoms with Gasteiger partial charge in [-0.15, -0.1) is 0 Å². The van der Waals surface area contributed by atoms with E-state index in [1.807, 2.05) is 12.1 Å². The van der Waals surface area contributed by atoms with Crippen molar-refractivity contribution in [2.45, 2.75) is 43.4 Å². The molecule has 7 nitrogen and oxygen atoms in total. The van der Waals surface area contributed by atoms with Gasteiger partial charge in [0.2, 0.25) is 0 Å². The van der Waals surface area contributed by atoms with Crippen molar-refractivity contribution in [3.05, 3.63) is 47.1 Å². The molecule has 0 heterocycles. The average Bonchev–Trinajstić information content (AvgIpc) is 2.68. The van der Waals surface area contributed by atoms with Gasteiger partial charge < -0.3 is 14.0 Å². The van der Waals surface area contributed by atoms with Crippen molar-refractivity contribution in [3.63, 3.8) is 0 Å². The van der Waals surface area contributed by atoms with Crippen LogP contribution in [0.3, 0.4) is 0 Å². The van der Waals surface area contributed by atoms with E-state index >= 15 is 0 Å². The second-order valence-electron chi connectivity index (χ2n) is 7.51. The maximum absolute atomic E-state index is 13.2. The van der Waals surface area contributed by atoms with Gasteiger partial charge >= 0.3 is 11.9 Å². The number of ether oxygens (including phenoxy) is 2. The molecule has 0 aromatic heterocycles. The van der Waals surface area contributed by atoms with Crippen LogP contribution in [-0.4, -0.2) is 24.9 Å². The Balaban J connectivity index is 1.80. The van der Waals surface area contributed by atoms with Crippen molar-refractivity contribution in [2.24, 2.45) is 5.41 Å². The molecule has 1 saturated carbocycles. The minimum absolute atomic E-state index is 0.112. The van der Waals surface area contributed by atoms with Crippen LogP contribution in [0.15, 0.2) is 41.3 Å². The zero-order chi connectivity index (χ0) is 23.5. The van der Waals surface area contributed by atoms with Crippen molar-refractivity contribution < 1.29 is 32.0 Å². The number of halogens is 3. The first-order chi connectivity index (χ1) is 15.0. The minimum Gasteiger partial charge on any atom is -0.744 e. The third-order valence-electron chi connectivity index (χ3n) is 5.20. The first kappa shape index (κ1) is 26.1. The lowest BCUT2D eigenvalue weighted by molar-refractivity contribution is -0.154. The molecule has 0 atom stereocenters. The van der Waals surface area contributed by atoms with E-state index in [1.165, 1.54) is 12.1 Å². The molecule has 1 fully saturated rings. The summed E-state index contributed by atoms with van der Waals surface area (Å²) in [4.78, 5) is 25.5. The molecule has 0 N–H and O–H groups in total. The van der Waals surface area contributed by atoms with E-state index in [1.54, 1.807) is 57.3 Å². The lowest BCUT2D eigenvalue weighted by atomic mass is 9.72. The fourth-order valence-electron chi connectivity index (χ4n) is 3.68. The Morgan fingerprint density at radius 1 is 0.906 bits per heavy atom. The van der Waals surface area contributed by atoms with Crippen molar-refractivity contribution in [2.75, 3.05) is 0 Å². The number of rotatable bonds is 6. The van der Waals surface area contributed by atoms with Crippen molar-refractivity contribution in [3.8, 4) is 11.5 Å². The third-order valence-corrected chi connectivity index (χ3v) is 9.30. The second kappa shape index (κ2) is 10.8. The standard InChI is InChI=1S/C21H19I3O7S/c22-13-4-6-14(7-5-13)30-18(25)12-21(8-2-1-3-9-21)20(26)31-15-10-16(23)19(17(24)11-15)32(27,28)29/h4-7,10-11H,1-3,8-9,12H2,(H,27,28,29)/p-1. The zero-order valence-corrected chi connectivity index (χ0v) is 23.9. The fourth-order valence-corrected chi connectivity index (χ4v) is 7.96. The third kappa shape index (κ3) is 6.54. The van der Waals surface area contributed by atoms with Gasteiger partial charge in [0.1, 0.15) is 21.6 Å². The van der Waals surface area contributed by atoms with Gasteiger partial charge in [0, 0.05) is 10.7 Å². The lowest BCUT2D eigenvalue weighted by Crippen LogP contribution is -2.39. The summed E-state index contributed by atoms with van der Waals surface area (Å²) in [5, 5.41) is 0. The zero-order valence-electron chi connectivity index (χ0n) is 16.6. The number of hydrogen-bond acceptors (Lipinski definition) is 7. The van der Waals surface area contributed by atoms with E-state index in [2.05, 4.69) is 22.6 Å². The molecule has 0 spiro atoms. The molecular formula is C21H18I3O7S-. The van der Waals surface area contributed by atoms with Crippen molar-refractivity contribution >= 4 is 89.8 Å². The monoisotopic (exact) mass is 795 g/mol. The van der Waals surface area contributed by atoms with Gasteiger partial charge in [-0.25, -0.2) is 8.42 Å². The van der Waals surface area contributed by atoms with Crippen LogP contribution in [0.4, 0.5) is 0 Å². The summed E-state index contributed by atoms with van der Waals surface area (Å²) in [6.07, 6.45) is 3.42. The van der Waals surface area contributed by atoms with Crippen molar-refractivity contribution in [1.29, 1.82) is 0 Å².